The highest BCUT2D eigenvalue weighted by atomic mass is 32.2. The van der Waals surface area contributed by atoms with Crippen molar-refractivity contribution < 1.29 is 13.2 Å². The van der Waals surface area contributed by atoms with Gasteiger partial charge in [-0.1, -0.05) is 0 Å². The largest absolute Gasteiger partial charge is 0.497 e. The molecule has 0 bridgehead atoms. The maximum atomic E-state index is 13.4. The minimum Gasteiger partial charge on any atom is -0.497 e. The lowest BCUT2D eigenvalue weighted by molar-refractivity contribution is 0.310. The number of hydrogen-bond donors (Lipinski definition) is 0. The van der Waals surface area contributed by atoms with Gasteiger partial charge in [0.1, 0.15) is 5.75 Å². The zero-order valence-corrected chi connectivity index (χ0v) is 17.2. The first-order valence-corrected chi connectivity index (χ1v) is 11.2. The summed E-state index contributed by atoms with van der Waals surface area (Å²) in [6.07, 6.45) is 3.52. The third-order valence-corrected chi connectivity index (χ3v) is 7.28. The molecule has 150 valence electrons. The Labute approximate surface area is 166 Å². The second-order valence-corrected chi connectivity index (χ2v) is 9.30. The van der Waals surface area contributed by atoms with Gasteiger partial charge in [-0.2, -0.15) is 0 Å². The van der Waals surface area contributed by atoms with Crippen LogP contribution in [0.1, 0.15) is 24.1 Å². The van der Waals surface area contributed by atoms with Crippen LogP contribution in [0.5, 0.6) is 5.75 Å². The van der Waals surface area contributed by atoms with Crippen LogP contribution in [-0.2, 0) is 22.7 Å². The highest BCUT2D eigenvalue weighted by Crippen LogP contribution is 2.31. The number of fused-ring (bicyclic) bond motifs is 1. The van der Waals surface area contributed by atoms with Crippen molar-refractivity contribution in [2.45, 2.75) is 35.6 Å². The number of ether oxygens (including phenoxy) is 1. The first-order valence-electron chi connectivity index (χ1n) is 9.71. The van der Waals surface area contributed by atoms with Crippen LogP contribution in [0.15, 0.2) is 34.2 Å². The molecule has 8 heteroatoms. The van der Waals surface area contributed by atoms with Crippen molar-refractivity contribution in [3.8, 4) is 5.75 Å². The maximum absolute atomic E-state index is 13.4. The molecule has 0 radical (unpaired) electrons. The zero-order chi connectivity index (χ0) is 19.7. The molecule has 2 aromatic rings. The molecule has 7 nitrogen and oxygen atoms in total. The maximum Gasteiger partial charge on any atom is 0.226 e. The van der Waals surface area contributed by atoms with E-state index in [-0.39, 0.29) is 9.92 Å². The first kappa shape index (κ1) is 19.1. The van der Waals surface area contributed by atoms with Gasteiger partial charge in [0.05, 0.1) is 17.7 Å². The van der Waals surface area contributed by atoms with Gasteiger partial charge in [-0.05, 0) is 57.0 Å². The van der Waals surface area contributed by atoms with Crippen LogP contribution in [-0.4, -0.2) is 63.6 Å². The first-order chi connectivity index (χ1) is 13.5. The fourth-order valence-electron chi connectivity index (χ4n) is 3.78. The van der Waals surface area contributed by atoms with E-state index in [0.29, 0.717) is 18.1 Å². The molecule has 1 aromatic carbocycles. The normalized spacial score (nSPS) is 18.0. The number of piperazine rings is 1. The highest BCUT2D eigenvalue weighted by molar-refractivity contribution is 7.91. The van der Waals surface area contributed by atoms with Gasteiger partial charge in [0.2, 0.25) is 15.8 Å². The number of aryl methyl sites for hydroxylation is 1. The standard InChI is InChI=1S/C20H26N4O3S/c1-23-11-13-24(14-12-23)20-21-18-6-4-3-5-17(18)19(22-20)28(25,26)16-9-7-15(27-2)8-10-16/h7-10H,3-6,11-14H2,1-2H3. The number of rotatable bonds is 4. The van der Waals surface area contributed by atoms with Crippen LogP contribution in [0.2, 0.25) is 0 Å². The van der Waals surface area contributed by atoms with Crippen LogP contribution in [0.4, 0.5) is 5.95 Å². The lowest BCUT2D eigenvalue weighted by Crippen LogP contribution is -2.45. The summed E-state index contributed by atoms with van der Waals surface area (Å²) in [5, 5.41) is 0.177. The molecule has 0 N–H and O–H groups in total. The number of methoxy groups -OCH3 is 1. The Morgan fingerprint density at radius 3 is 2.32 bits per heavy atom. The van der Waals surface area contributed by atoms with Crippen molar-refractivity contribution in [1.29, 1.82) is 0 Å². The fraction of sp³-hybridized carbons (Fsp3) is 0.500. The summed E-state index contributed by atoms with van der Waals surface area (Å²) in [5.41, 5.74) is 1.68. The lowest BCUT2D eigenvalue weighted by Gasteiger charge is -2.33. The number of nitrogens with zero attached hydrogens (tertiary/aromatic N) is 4. The van der Waals surface area contributed by atoms with E-state index in [1.54, 1.807) is 31.4 Å². The van der Waals surface area contributed by atoms with E-state index >= 15 is 0 Å². The van der Waals surface area contributed by atoms with Gasteiger partial charge in [-0.25, -0.2) is 18.4 Å². The molecule has 28 heavy (non-hydrogen) atoms. The van der Waals surface area contributed by atoms with E-state index in [1.807, 2.05) is 0 Å². The van der Waals surface area contributed by atoms with E-state index in [0.717, 1.165) is 56.7 Å². The monoisotopic (exact) mass is 402 g/mol. The van der Waals surface area contributed by atoms with Crippen LogP contribution >= 0.6 is 0 Å². The molecular weight excluding hydrogens is 376 g/mol. The number of aromatic nitrogens is 2. The van der Waals surface area contributed by atoms with Crippen molar-refractivity contribution in [3.05, 3.63) is 35.5 Å². The number of anilines is 1. The second-order valence-electron chi connectivity index (χ2n) is 7.43. The van der Waals surface area contributed by atoms with Gasteiger partial charge in [0, 0.05) is 31.7 Å². The van der Waals surface area contributed by atoms with Gasteiger partial charge in [-0.15, -0.1) is 0 Å². The van der Waals surface area contributed by atoms with Crippen molar-refractivity contribution in [1.82, 2.24) is 14.9 Å². The third-order valence-electron chi connectivity index (χ3n) is 5.54. The van der Waals surface area contributed by atoms with Crippen molar-refractivity contribution in [2.24, 2.45) is 0 Å². The highest BCUT2D eigenvalue weighted by Gasteiger charge is 2.30. The molecule has 0 spiro atoms. The summed E-state index contributed by atoms with van der Waals surface area (Å²) >= 11 is 0. The number of hydrogen-bond acceptors (Lipinski definition) is 7. The van der Waals surface area contributed by atoms with E-state index < -0.39 is 9.84 Å². The molecule has 1 aliphatic heterocycles. The number of likely N-dealkylation sites (N-methyl/N-ethyl adjacent to an activating group) is 1. The average Bonchev–Trinajstić information content (AvgIpc) is 2.73. The average molecular weight is 403 g/mol. The molecule has 1 aliphatic carbocycles. The number of benzene rings is 1. The molecule has 0 saturated carbocycles. The fourth-order valence-corrected chi connectivity index (χ4v) is 5.25. The smallest absolute Gasteiger partial charge is 0.226 e. The minimum atomic E-state index is -3.72. The van der Waals surface area contributed by atoms with Crippen LogP contribution in [0.3, 0.4) is 0 Å². The Hall–Kier alpha value is -2.19. The van der Waals surface area contributed by atoms with Crippen molar-refractivity contribution in [2.75, 3.05) is 45.2 Å². The van der Waals surface area contributed by atoms with Crippen LogP contribution in [0, 0.1) is 0 Å². The lowest BCUT2D eigenvalue weighted by atomic mass is 9.97. The quantitative estimate of drug-likeness (QED) is 0.724. The summed E-state index contributed by atoms with van der Waals surface area (Å²) in [5.74, 6) is 1.17. The van der Waals surface area contributed by atoms with E-state index in [2.05, 4.69) is 21.8 Å². The predicted octanol–water partition coefficient (Wildman–Crippen LogP) is 1.95. The Kier molecular flexibility index (Phi) is 5.25. The molecule has 0 unspecified atom stereocenters. The Balaban J connectivity index is 1.79. The van der Waals surface area contributed by atoms with Gasteiger partial charge in [-0.3, -0.25) is 0 Å². The van der Waals surface area contributed by atoms with E-state index in [4.69, 9.17) is 9.72 Å². The van der Waals surface area contributed by atoms with Crippen LogP contribution in [0.25, 0.3) is 0 Å². The molecule has 1 aromatic heterocycles. The molecule has 2 aliphatic rings. The SMILES string of the molecule is COc1ccc(S(=O)(=O)c2nc(N3CCN(C)CC3)nc3c2CCCC3)cc1. The van der Waals surface area contributed by atoms with Gasteiger partial charge >= 0.3 is 0 Å². The van der Waals surface area contributed by atoms with Gasteiger partial charge < -0.3 is 14.5 Å². The predicted molar refractivity (Wildman–Crippen MR) is 107 cm³/mol. The molecule has 2 heterocycles. The molecular formula is C20H26N4O3S. The molecule has 1 fully saturated rings. The summed E-state index contributed by atoms with van der Waals surface area (Å²) in [7, 11) is -0.0711. The van der Waals surface area contributed by atoms with E-state index in [1.165, 1.54) is 0 Å². The minimum absolute atomic E-state index is 0.177. The molecule has 1 saturated heterocycles. The number of sulfone groups is 1. The summed E-state index contributed by atoms with van der Waals surface area (Å²) < 4.78 is 32.0. The van der Waals surface area contributed by atoms with Crippen LogP contribution < -0.4 is 9.64 Å². The van der Waals surface area contributed by atoms with Crippen molar-refractivity contribution >= 4 is 15.8 Å². The zero-order valence-electron chi connectivity index (χ0n) is 16.4. The molecule has 0 atom stereocenters. The van der Waals surface area contributed by atoms with Gasteiger partial charge in [0.15, 0.2) is 5.03 Å². The summed E-state index contributed by atoms with van der Waals surface area (Å²) in [4.78, 5) is 14.0. The molecule has 4 rings (SSSR count). The topological polar surface area (TPSA) is 75.6 Å². The Morgan fingerprint density at radius 1 is 0.964 bits per heavy atom. The van der Waals surface area contributed by atoms with Gasteiger partial charge in [0.25, 0.3) is 0 Å². The second kappa shape index (κ2) is 7.67. The molecule has 0 amide bonds. The van der Waals surface area contributed by atoms with E-state index in [9.17, 15) is 8.42 Å². The third kappa shape index (κ3) is 3.58. The summed E-state index contributed by atoms with van der Waals surface area (Å²) in [6.45, 7) is 3.44. The Morgan fingerprint density at radius 2 is 1.64 bits per heavy atom. The van der Waals surface area contributed by atoms with Crippen molar-refractivity contribution in [3.63, 3.8) is 0 Å². The summed E-state index contributed by atoms with van der Waals surface area (Å²) in [6, 6.07) is 6.51. The Bertz CT molecular complexity index is 952.